The van der Waals surface area contributed by atoms with E-state index in [1.165, 1.54) is 18.3 Å². The minimum absolute atomic E-state index is 0.239. The van der Waals surface area contributed by atoms with Crippen molar-refractivity contribution < 1.29 is 8.91 Å². The van der Waals surface area contributed by atoms with Crippen LogP contribution in [0.2, 0.25) is 0 Å². The Morgan fingerprint density at radius 3 is 2.84 bits per heavy atom. The summed E-state index contributed by atoms with van der Waals surface area (Å²) in [4.78, 5) is 4.18. The zero-order valence-electron chi connectivity index (χ0n) is 10.0. The van der Waals surface area contributed by atoms with Crippen molar-refractivity contribution in [1.82, 2.24) is 20.3 Å². The molecule has 3 N–H and O–H groups in total. The number of aromatic nitrogens is 4. The maximum atomic E-state index is 13.3. The van der Waals surface area contributed by atoms with Crippen molar-refractivity contribution >= 4 is 5.82 Å². The average molecular weight is 259 g/mol. The molecule has 3 rings (SSSR count). The molecule has 6 nitrogen and oxygen atoms in total. The van der Waals surface area contributed by atoms with Crippen LogP contribution in [-0.2, 0) is 0 Å². The van der Waals surface area contributed by atoms with E-state index in [1.54, 1.807) is 13.0 Å². The standard InChI is InChI=1S/C12H10FN5O/c1-6-2-7(4-8(13)3-6)11-16-12(19-18-11)9-5-15-17-10(9)14/h2-5H,1H3,(H3,14,15,17). The van der Waals surface area contributed by atoms with Crippen molar-refractivity contribution in [1.29, 1.82) is 0 Å². The summed E-state index contributed by atoms with van der Waals surface area (Å²) in [5.74, 6) is 0.538. The van der Waals surface area contributed by atoms with E-state index in [4.69, 9.17) is 10.3 Å². The average Bonchev–Trinajstić information content (AvgIpc) is 2.95. The summed E-state index contributed by atoms with van der Waals surface area (Å²) >= 11 is 0. The van der Waals surface area contributed by atoms with Gasteiger partial charge >= 0.3 is 0 Å². The highest BCUT2D eigenvalue weighted by molar-refractivity contribution is 5.67. The van der Waals surface area contributed by atoms with Crippen LogP contribution in [0.25, 0.3) is 22.8 Å². The van der Waals surface area contributed by atoms with Gasteiger partial charge in [0.05, 0.1) is 6.20 Å². The second kappa shape index (κ2) is 4.20. The molecular weight excluding hydrogens is 249 g/mol. The Labute approximate surface area is 107 Å². The predicted octanol–water partition coefficient (Wildman–Crippen LogP) is 2.16. The Balaban J connectivity index is 2.04. The van der Waals surface area contributed by atoms with E-state index in [0.29, 0.717) is 22.8 Å². The minimum Gasteiger partial charge on any atom is -0.383 e. The first-order valence-electron chi connectivity index (χ1n) is 5.54. The van der Waals surface area contributed by atoms with Crippen molar-refractivity contribution in [3.63, 3.8) is 0 Å². The van der Waals surface area contributed by atoms with E-state index in [0.717, 1.165) is 5.56 Å². The van der Waals surface area contributed by atoms with Gasteiger partial charge in [0.15, 0.2) is 0 Å². The van der Waals surface area contributed by atoms with E-state index in [1.807, 2.05) is 0 Å². The van der Waals surface area contributed by atoms with Gasteiger partial charge in [0.2, 0.25) is 5.82 Å². The van der Waals surface area contributed by atoms with Gasteiger partial charge in [-0.25, -0.2) is 4.39 Å². The highest BCUT2D eigenvalue weighted by Crippen LogP contribution is 2.25. The second-order valence-corrected chi connectivity index (χ2v) is 4.14. The van der Waals surface area contributed by atoms with Gasteiger partial charge in [-0.1, -0.05) is 5.16 Å². The molecule has 1 aromatic carbocycles. The number of rotatable bonds is 2. The fourth-order valence-electron chi connectivity index (χ4n) is 1.78. The lowest BCUT2D eigenvalue weighted by Crippen LogP contribution is -1.88. The monoisotopic (exact) mass is 259 g/mol. The van der Waals surface area contributed by atoms with Gasteiger partial charge in [-0.15, -0.1) is 0 Å². The van der Waals surface area contributed by atoms with Crippen molar-refractivity contribution in [3.05, 3.63) is 35.8 Å². The Morgan fingerprint density at radius 2 is 2.16 bits per heavy atom. The number of H-pyrrole nitrogens is 1. The van der Waals surface area contributed by atoms with E-state index in [-0.39, 0.29) is 11.7 Å². The molecule has 0 radical (unpaired) electrons. The third-order valence-electron chi connectivity index (χ3n) is 2.63. The number of aromatic amines is 1. The summed E-state index contributed by atoms with van der Waals surface area (Å²) in [7, 11) is 0. The second-order valence-electron chi connectivity index (χ2n) is 4.14. The van der Waals surface area contributed by atoms with Crippen LogP contribution in [0.5, 0.6) is 0 Å². The fourth-order valence-corrected chi connectivity index (χ4v) is 1.78. The quantitative estimate of drug-likeness (QED) is 0.735. The van der Waals surface area contributed by atoms with E-state index in [9.17, 15) is 4.39 Å². The van der Waals surface area contributed by atoms with Crippen LogP contribution < -0.4 is 5.73 Å². The number of nitrogens with two attached hydrogens (primary N) is 1. The molecule has 0 aliphatic heterocycles. The molecule has 0 aliphatic rings. The van der Waals surface area contributed by atoms with Gasteiger partial charge in [0, 0.05) is 5.56 Å². The highest BCUT2D eigenvalue weighted by Gasteiger charge is 2.15. The van der Waals surface area contributed by atoms with E-state index in [2.05, 4.69) is 20.3 Å². The zero-order valence-corrected chi connectivity index (χ0v) is 10.0. The Kier molecular flexibility index (Phi) is 2.52. The molecule has 0 aliphatic carbocycles. The SMILES string of the molecule is Cc1cc(F)cc(-c2noc(-c3cn[nH]c3N)n2)c1. The lowest BCUT2D eigenvalue weighted by molar-refractivity contribution is 0.432. The molecule has 3 aromatic rings. The molecule has 0 bridgehead atoms. The first-order valence-corrected chi connectivity index (χ1v) is 5.54. The number of nitrogens with one attached hydrogen (secondary N) is 1. The minimum atomic E-state index is -0.343. The van der Waals surface area contributed by atoms with Gasteiger partial charge < -0.3 is 10.3 Å². The molecule has 0 unspecified atom stereocenters. The van der Waals surface area contributed by atoms with Crippen molar-refractivity contribution in [2.45, 2.75) is 6.92 Å². The molecule has 0 spiro atoms. The lowest BCUT2D eigenvalue weighted by atomic mass is 10.1. The van der Waals surface area contributed by atoms with Gasteiger partial charge in [0.1, 0.15) is 17.2 Å². The van der Waals surface area contributed by atoms with Crippen LogP contribution in [0.15, 0.2) is 28.9 Å². The normalized spacial score (nSPS) is 10.8. The molecule has 0 amide bonds. The number of hydrogen-bond donors (Lipinski definition) is 2. The van der Waals surface area contributed by atoms with E-state index < -0.39 is 0 Å². The van der Waals surface area contributed by atoms with Gasteiger partial charge in [-0.2, -0.15) is 10.1 Å². The summed E-state index contributed by atoms with van der Waals surface area (Å²) in [5, 5.41) is 10.2. The topological polar surface area (TPSA) is 93.6 Å². The smallest absolute Gasteiger partial charge is 0.263 e. The van der Waals surface area contributed by atoms with Crippen molar-refractivity contribution in [3.8, 4) is 22.8 Å². The number of halogens is 1. The maximum absolute atomic E-state index is 13.3. The molecule has 0 saturated carbocycles. The highest BCUT2D eigenvalue weighted by atomic mass is 19.1. The van der Waals surface area contributed by atoms with Crippen molar-refractivity contribution in [2.24, 2.45) is 0 Å². The zero-order chi connectivity index (χ0) is 13.4. The van der Waals surface area contributed by atoms with Crippen LogP contribution in [0.3, 0.4) is 0 Å². The number of aryl methyl sites for hydroxylation is 1. The molecule has 0 atom stereocenters. The largest absolute Gasteiger partial charge is 0.383 e. The molecule has 2 aromatic heterocycles. The molecule has 0 fully saturated rings. The molecule has 7 heteroatoms. The van der Waals surface area contributed by atoms with Crippen LogP contribution in [0, 0.1) is 12.7 Å². The number of benzene rings is 1. The first kappa shape index (κ1) is 11.4. The summed E-state index contributed by atoms with van der Waals surface area (Å²) in [6.07, 6.45) is 1.49. The Hall–Kier alpha value is -2.70. The fraction of sp³-hybridized carbons (Fsp3) is 0.0833. The van der Waals surface area contributed by atoms with Crippen LogP contribution in [0.4, 0.5) is 10.2 Å². The van der Waals surface area contributed by atoms with Crippen LogP contribution in [0.1, 0.15) is 5.56 Å². The Morgan fingerprint density at radius 1 is 1.32 bits per heavy atom. The predicted molar refractivity (Wildman–Crippen MR) is 66.4 cm³/mol. The van der Waals surface area contributed by atoms with Crippen molar-refractivity contribution in [2.75, 3.05) is 5.73 Å². The molecule has 96 valence electrons. The third kappa shape index (κ3) is 2.05. The molecule has 0 saturated heterocycles. The van der Waals surface area contributed by atoms with Crippen LogP contribution in [-0.4, -0.2) is 20.3 Å². The number of hydrogen-bond acceptors (Lipinski definition) is 5. The van der Waals surface area contributed by atoms with Gasteiger partial charge in [0.25, 0.3) is 5.89 Å². The first-order chi connectivity index (χ1) is 9.13. The van der Waals surface area contributed by atoms with Crippen LogP contribution >= 0.6 is 0 Å². The molecule has 2 heterocycles. The molecule has 19 heavy (non-hydrogen) atoms. The molecular formula is C12H10FN5O. The lowest BCUT2D eigenvalue weighted by Gasteiger charge is -1.97. The summed E-state index contributed by atoms with van der Waals surface area (Å²) in [5.41, 5.74) is 7.52. The maximum Gasteiger partial charge on any atom is 0.263 e. The summed E-state index contributed by atoms with van der Waals surface area (Å²) in [6.45, 7) is 1.79. The summed E-state index contributed by atoms with van der Waals surface area (Å²) < 4.78 is 18.4. The van der Waals surface area contributed by atoms with E-state index >= 15 is 0 Å². The van der Waals surface area contributed by atoms with Gasteiger partial charge in [-0.05, 0) is 30.7 Å². The Bertz CT molecular complexity index is 713. The number of nitrogen functional groups attached to an aromatic ring is 1. The van der Waals surface area contributed by atoms with Gasteiger partial charge in [-0.3, -0.25) is 5.10 Å². The third-order valence-corrected chi connectivity index (χ3v) is 2.63. The number of nitrogens with zero attached hydrogens (tertiary/aromatic N) is 3. The summed E-state index contributed by atoms with van der Waals surface area (Å²) in [6, 6.07) is 4.55. The number of anilines is 1.